The van der Waals surface area contributed by atoms with Gasteiger partial charge in [-0.25, -0.2) is 0 Å². The summed E-state index contributed by atoms with van der Waals surface area (Å²) in [6, 6.07) is 16.0. The number of carbonyl (C=O) groups excluding carboxylic acids is 2. The summed E-state index contributed by atoms with van der Waals surface area (Å²) in [7, 11) is 0. The predicted molar refractivity (Wildman–Crippen MR) is 103 cm³/mol. The van der Waals surface area contributed by atoms with Gasteiger partial charge in [-0.2, -0.15) is 0 Å². The highest BCUT2D eigenvalue weighted by molar-refractivity contribution is 5.88. The van der Waals surface area contributed by atoms with Gasteiger partial charge in [-0.05, 0) is 42.0 Å². The molecule has 4 rings (SSSR count). The number of fused-ring (bicyclic) bond motifs is 2. The number of amides is 1. The van der Waals surface area contributed by atoms with E-state index < -0.39 is 5.97 Å². The lowest BCUT2D eigenvalue weighted by atomic mass is 9.88. The third-order valence-corrected chi connectivity index (χ3v) is 5.08. The third-order valence-electron chi connectivity index (χ3n) is 5.08. The number of hydrogen-bond acceptors (Lipinski definition) is 3. The van der Waals surface area contributed by atoms with Crippen molar-refractivity contribution in [1.29, 1.82) is 0 Å². The molecule has 1 amide bonds. The van der Waals surface area contributed by atoms with E-state index in [1.807, 2.05) is 42.6 Å². The number of H-pyrrole nitrogens is 1. The van der Waals surface area contributed by atoms with Crippen LogP contribution in [0.3, 0.4) is 0 Å². The summed E-state index contributed by atoms with van der Waals surface area (Å²) < 4.78 is 5.19. The van der Waals surface area contributed by atoms with Crippen LogP contribution in [-0.4, -0.2) is 23.5 Å². The molecule has 1 heterocycles. The summed E-state index contributed by atoms with van der Waals surface area (Å²) in [6.45, 7) is -0.250. The molecule has 1 aliphatic rings. The molecular weight excluding hydrogens is 340 g/mol. The molecule has 2 N–H and O–H groups in total. The lowest BCUT2D eigenvalue weighted by Crippen LogP contribution is -2.34. The summed E-state index contributed by atoms with van der Waals surface area (Å²) in [5, 5.41) is 3.99. The Hall–Kier alpha value is -3.08. The van der Waals surface area contributed by atoms with Crippen LogP contribution >= 0.6 is 0 Å². The molecule has 5 nitrogen and oxygen atoms in total. The number of rotatable bonds is 5. The number of para-hydroxylation sites is 1. The summed E-state index contributed by atoms with van der Waals surface area (Å²) in [5.41, 5.74) is 4.30. The van der Waals surface area contributed by atoms with Crippen molar-refractivity contribution in [2.45, 2.75) is 31.7 Å². The van der Waals surface area contributed by atoms with Gasteiger partial charge in [-0.3, -0.25) is 9.59 Å². The zero-order chi connectivity index (χ0) is 18.6. The van der Waals surface area contributed by atoms with Crippen molar-refractivity contribution < 1.29 is 14.3 Å². The maximum atomic E-state index is 12.2. The minimum absolute atomic E-state index is 0.00484. The standard InChI is InChI=1S/C22H22N2O3/c25-21(24-20-11-5-7-15-6-1-2-8-17(15)20)14-27-22(26)12-16-13-23-19-10-4-3-9-18(16)19/h1-4,6,8-10,13,20,23H,5,7,11-12,14H2,(H,24,25)/t20-/m1/s1. The van der Waals surface area contributed by atoms with E-state index in [4.69, 9.17) is 4.74 Å². The molecule has 2 aromatic carbocycles. The normalized spacial score (nSPS) is 15.9. The molecule has 138 valence electrons. The Morgan fingerprint density at radius 1 is 1.11 bits per heavy atom. The maximum Gasteiger partial charge on any atom is 0.310 e. The second-order valence-corrected chi connectivity index (χ2v) is 6.91. The molecule has 0 unspecified atom stereocenters. The highest BCUT2D eigenvalue weighted by Gasteiger charge is 2.21. The minimum Gasteiger partial charge on any atom is -0.455 e. The van der Waals surface area contributed by atoms with Crippen molar-refractivity contribution in [3.05, 3.63) is 71.4 Å². The topological polar surface area (TPSA) is 71.2 Å². The Balaban J connectivity index is 1.31. The smallest absolute Gasteiger partial charge is 0.310 e. The van der Waals surface area contributed by atoms with Gasteiger partial charge < -0.3 is 15.0 Å². The van der Waals surface area contributed by atoms with Crippen molar-refractivity contribution in [3.8, 4) is 0 Å². The molecular formula is C22H22N2O3. The number of esters is 1. The number of ether oxygens (including phenoxy) is 1. The predicted octanol–water partition coefficient (Wildman–Crippen LogP) is 3.45. The van der Waals surface area contributed by atoms with Crippen LogP contribution in [0.1, 0.15) is 35.6 Å². The van der Waals surface area contributed by atoms with E-state index >= 15 is 0 Å². The summed E-state index contributed by atoms with van der Waals surface area (Å²) in [6.07, 6.45) is 4.95. The zero-order valence-electron chi connectivity index (χ0n) is 15.0. The van der Waals surface area contributed by atoms with Crippen LogP contribution in [0, 0.1) is 0 Å². The molecule has 1 aliphatic carbocycles. The first-order valence-electron chi connectivity index (χ1n) is 9.28. The highest BCUT2D eigenvalue weighted by atomic mass is 16.5. The fourth-order valence-electron chi connectivity index (χ4n) is 3.77. The molecule has 0 saturated heterocycles. The van der Waals surface area contributed by atoms with Gasteiger partial charge in [0.15, 0.2) is 6.61 Å². The number of aromatic nitrogens is 1. The average Bonchev–Trinajstić information content (AvgIpc) is 3.10. The van der Waals surface area contributed by atoms with Crippen LogP contribution in [0.5, 0.6) is 0 Å². The molecule has 1 aromatic heterocycles. The van der Waals surface area contributed by atoms with Gasteiger partial charge in [-0.1, -0.05) is 42.5 Å². The van der Waals surface area contributed by atoms with Gasteiger partial charge in [0.2, 0.25) is 0 Å². The number of aromatic amines is 1. The van der Waals surface area contributed by atoms with Crippen LogP contribution in [0.2, 0.25) is 0 Å². The van der Waals surface area contributed by atoms with E-state index in [1.54, 1.807) is 0 Å². The van der Waals surface area contributed by atoms with Gasteiger partial charge in [0.05, 0.1) is 12.5 Å². The first kappa shape index (κ1) is 17.3. The fourth-order valence-corrected chi connectivity index (χ4v) is 3.77. The maximum absolute atomic E-state index is 12.2. The molecule has 3 aromatic rings. The van der Waals surface area contributed by atoms with Crippen LogP contribution in [0.15, 0.2) is 54.7 Å². The number of benzene rings is 2. The zero-order valence-corrected chi connectivity index (χ0v) is 15.0. The van der Waals surface area contributed by atoms with Crippen LogP contribution in [0.25, 0.3) is 10.9 Å². The molecule has 0 radical (unpaired) electrons. The molecule has 0 spiro atoms. The SMILES string of the molecule is O=C(COC(=O)Cc1c[nH]c2ccccc12)N[C@@H]1CCCc2ccccc21. The van der Waals surface area contributed by atoms with Gasteiger partial charge >= 0.3 is 5.97 Å². The van der Waals surface area contributed by atoms with E-state index in [0.29, 0.717) is 0 Å². The van der Waals surface area contributed by atoms with Gasteiger partial charge in [-0.15, -0.1) is 0 Å². The Bertz CT molecular complexity index is 976. The average molecular weight is 362 g/mol. The lowest BCUT2D eigenvalue weighted by Gasteiger charge is -2.26. The summed E-state index contributed by atoms with van der Waals surface area (Å²) in [5.74, 6) is -0.664. The molecule has 0 aliphatic heterocycles. The Kier molecular flexibility index (Phi) is 4.92. The van der Waals surface area contributed by atoms with Crippen LogP contribution < -0.4 is 5.32 Å². The van der Waals surface area contributed by atoms with Crippen LogP contribution in [0.4, 0.5) is 0 Å². The lowest BCUT2D eigenvalue weighted by molar-refractivity contribution is -0.148. The quantitative estimate of drug-likeness (QED) is 0.683. The van der Waals surface area contributed by atoms with Gasteiger partial charge in [0, 0.05) is 17.1 Å². The van der Waals surface area contributed by atoms with Crippen LogP contribution in [-0.2, 0) is 27.2 Å². The molecule has 0 bridgehead atoms. The molecule has 5 heteroatoms. The highest BCUT2D eigenvalue weighted by Crippen LogP contribution is 2.29. The Labute approximate surface area is 157 Å². The van der Waals surface area contributed by atoms with Gasteiger partial charge in [0.1, 0.15) is 0 Å². The van der Waals surface area contributed by atoms with Crippen molar-refractivity contribution in [2.24, 2.45) is 0 Å². The number of aryl methyl sites for hydroxylation is 1. The number of hydrogen-bond donors (Lipinski definition) is 2. The molecule has 27 heavy (non-hydrogen) atoms. The van der Waals surface area contributed by atoms with Crippen molar-refractivity contribution in [3.63, 3.8) is 0 Å². The summed E-state index contributed by atoms with van der Waals surface area (Å²) >= 11 is 0. The van der Waals surface area contributed by atoms with E-state index in [0.717, 1.165) is 35.7 Å². The van der Waals surface area contributed by atoms with Crippen molar-refractivity contribution in [1.82, 2.24) is 10.3 Å². The number of nitrogens with one attached hydrogen (secondary N) is 2. The largest absolute Gasteiger partial charge is 0.455 e. The number of carbonyl (C=O) groups is 2. The van der Waals surface area contributed by atoms with Crippen molar-refractivity contribution >= 4 is 22.8 Å². The Morgan fingerprint density at radius 3 is 2.85 bits per heavy atom. The fraction of sp³-hybridized carbons (Fsp3) is 0.273. The Morgan fingerprint density at radius 2 is 1.93 bits per heavy atom. The molecule has 0 saturated carbocycles. The monoisotopic (exact) mass is 362 g/mol. The second kappa shape index (κ2) is 7.66. The van der Waals surface area contributed by atoms with Crippen molar-refractivity contribution in [2.75, 3.05) is 6.61 Å². The van der Waals surface area contributed by atoms with E-state index in [2.05, 4.69) is 22.4 Å². The minimum atomic E-state index is -0.404. The van der Waals surface area contributed by atoms with E-state index in [-0.39, 0.29) is 25.0 Å². The molecule has 0 fully saturated rings. The second-order valence-electron chi connectivity index (χ2n) is 6.91. The first-order valence-corrected chi connectivity index (χ1v) is 9.28. The van der Waals surface area contributed by atoms with Gasteiger partial charge in [0.25, 0.3) is 5.91 Å². The third kappa shape index (κ3) is 3.87. The first-order chi connectivity index (χ1) is 13.2. The summed E-state index contributed by atoms with van der Waals surface area (Å²) in [4.78, 5) is 27.5. The molecule has 1 atom stereocenters. The van der Waals surface area contributed by atoms with E-state index in [1.165, 1.54) is 11.1 Å². The van der Waals surface area contributed by atoms with E-state index in [9.17, 15) is 9.59 Å².